The minimum absolute atomic E-state index is 0.270. The molecule has 1 unspecified atom stereocenters. The van der Waals surface area contributed by atoms with E-state index in [2.05, 4.69) is 60.2 Å². The first-order chi connectivity index (χ1) is 10.2. The highest BCUT2D eigenvalue weighted by atomic mass is 15.4. The van der Waals surface area contributed by atoms with E-state index in [0.29, 0.717) is 0 Å². The first kappa shape index (κ1) is 15.6. The summed E-state index contributed by atoms with van der Waals surface area (Å²) in [6, 6.07) is 4.40. The molecule has 0 spiro atoms. The van der Waals surface area contributed by atoms with Gasteiger partial charge in [-0.2, -0.15) is 5.10 Å². The standard InChI is InChI=1S/C16H25N5/c1-5-10-17-12(4)14-9-8-13(11-18-14)21-16(7-3)19-15(6-2)20-21/h8-9,11-12,17H,5-7,10H2,1-4H3. The number of nitrogens with one attached hydrogen (secondary N) is 1. The maximum absolute atomic E-state index is 4.57. The number of aromatic nitrogens is 4. The summed E-state index contributed by atoms with van der Waals surface area (Å²) >= 11 is 0. The van der Waals surface area contributed by atoms with Crippen LogP contribution in [0.25, 0.3) is 5.69 Å². The Kier molecular flexibility index (Phi) is 5.44. The molecule has 1 atom stereocenters. The summed E-state index contributed by atoms with van der Waals surface area (Å²) in [5, 5.41) is 7.99. The van der Waals surface area contributed by atoms with Gasteiger partial charge in [-0.15, -0.1) is 0 Å². The smallest absolute Gasteiger partial charge is 0.151 e. The first-order valence-electron chi connectivity index (χ1n) is 7.84. The molecule has 114 valence electrons. The van der Waals surface area contributed by atoms with Gasteiger partial charge in [-0.1, -0.05) is 20.8 Å². The molecule has 5 nitrogen and oxygen atoms in total. The minimum atomic E-state index is 0.270. The van der Waals surface area contributed by atoms with Crippen molar-refractivity contribution < 1.29 is 0 Å². The Balaban J connectivity index is 2.20. The lowest BCUT2D eigenvalue weighted by atomic mass is 10.2. The molecule has 2 aromatic heterocycles. The van der Waals surface area contributed by atoms with Crippen LogP contribution in [0.4, 0.5) is 0 Å². The molecular weight excluding hydrogens is 262 g/mol. The van der Waals surface area contributed by atoms with Crippen LogP contribution in [-0.4, -0.2) is 26.3 Å². The summed E-state index contributed by atoms with van der Waals surface area (Å²) in [5.41, 5.74) is 2.03. The summed E-state index contributed by atoms with van der Waals surface area (Å²) in [6.45, 7) is 9.48. The van der Waals surface area contributed by atoms with Crippen LogP contribution in [0.2, 0.25) is 0 Å². The molecule has 0 saturated heterocycles. The Labute approximate surface area is 126 Å². The van der Waals surface area contributed by atoms with E-state index in [9.17, 15) is 0 Å². The quantitative estimate of drug-likeness (QED) is 0.851. The van der Waals surface area contributed by atoms with Gasteiger partial charge in [0.25, 0.3) is 0 Å². The molecule has 2 aromatic rings. The predicted octanol–water partition coefficient (Wildman–Crippen LogP) is 2.85. The maximum atomic E-state index is 4.57. The van der Waals surface area contributed by atoms with Gasteiger partial charge < -0.3 is 5.32 Å². The van der Waals surface area contributed by atoms with Crippen molar-refractivity contribution in [3.63, 3.8) is 0 Å². The molecule has 0 amide bonds. The van der Waals surface area contributed by atoms with Crippen LogP contribution in [0.15, 0.2) is 18.3 Å². The van der Waals surface area contributed by atoms with Crippen molar-refractivity contribution in [3.8, 4) is 5.69 Å². The van der Waals surface area contributed by atoms with E-state index in [1.165, 1.54) is 0 Å². The molecule has 5 heteroatoms. The summed E-state index contributed by atoms with van der Waals surface area (Å²) in [7, 11) is 0. The third-order valence-electron chi connectivity index (χ3n) is 3.51. The lowest BCUT2D eigenvalue weighted by Gasteiger charge is -2.13. The van der Waals surface area contributed by atoms with Gasteiger partial charge >= 0.3 is 0 Å². The van der Waals surface area contributed by atoms with Gasteiger partial charge in [-0.3, -0.25) is 4.98 Å². The second kappa shape index (κ2) is 7.31. The SMILES string of the molecule is CCCNC(C)c1ccc(-n2nc(CC)nc2CC)cn1. The Morgan fingerprint density at radius 1 is 1.19 bits per heavy atom. The van der Waals surface area contributed by atoms with Gasteiger partial charge in [-0.05, 0) is 32.0 Å². The van der Waals surface area contributed by atoms with Gasteiger partial charge in [0.2, 0.25) is 0 Å². The highest BCUT2D eigenvalue weighted by molar-refractivity contribution is 5.30. The largest absolute Gasteiger partial charge is 0.309 e. The molecule has 1 N–H and O–H groups in total. The Morgan fingerprint density at radius 2 is 2.00 bits per heavy atom. The number of rotatable bonds is 7. The zero-order valence-electron chi connectivity index (χ0n) is 13.4. The average Bonchev–Trinajstić information content (AvgIpc) is 2.96. The second-order valence-corrected chi connectivity index (χ2v) is 5.18. The average molecular weight is 287 g/mol. The molecule has 0 radical (unpaired) electrons. The second-order valence-electron chi connectivity index (χ2n) is 5.18. The molecule has 0 bridgehead atoms. The Bertz CT molecular complexity index is 559. The lowest BCUT2D eigenvalue weighted by Crippen LogP contribution is -2.20. The predicted molar refractivity (Wildman–Crippen MR) is 84.6 cm³/mol. The normalized spacial score (nSPS) is 12.6. The fraction of sp³-hybridized carbons (Fsp3) is 0.562. The number of nitrogens with zero attached hydrogens (tertiary/aromatic N) is 4. The molecule has 0 aliphatic carbocycles. The van der Waals surface area contributed by atoms with E-state index in [0.717, 1.165) is 48.8 Å². The molecule has 0 aromatic carbocycles. The summed E-state index contributed by atoms with van der Waals surface area (Å²) in [5.74, 6) is 1.87. The van der Waals surface area contributed by atoms with Crippen molar-refractivity contribution in [3.05, 3.63) is 35.7 Å². The van der Waals surface area contributed by atoms with Gasteiger partial charge in [0.15, 0.2) is 5.82 Å². The Hall–Kier alpha value is -1.75. The fourth-order valence-corrected chi connectivity index (χ4v) is 2.22. The van der Waals surface area contributed by atoms with Crippen LogP contribution >= 0.6 is 0 Å². The van der Waals surface area contributed by atoms with E-state index in [1.807, 2.05) is 10.9 Å². The van der Waals surface area contributed by atoms with Crippen LogP contribution < -0.4 is 5.32 Å². The van der Waals surface area contributed by atoms with Gasteiger partial charge in [0, 0.05) is 18.9 Å². The molecule has 0 aliphatic heterocycles. The van der Waals surface area contributed by atoms with Crippen molar-refractivity contribution in [2.45, 2.75) is 53.0 Å². The van der Waals surface area contributed by atoms with Crippen molar-refractivity contribution in [2.24, 2.45) is 0 Å². The maximum Gasteiger partial charge on any atom is 0.151 e. The number of pyridine rings is 1. The zero-order chi connectivity index (χ0) is 15.2. The molecular formula is C16H25N5. The van der Waals surface area contributed by atoms with Crippen molar-refractivity contribution >= 4 is 0 Å². The van der Waals surface area contributed by atoms with Crippen molar-refractivity contribution in [1.82, 2.24) is 25.1 Å². The van der Waals surface area contributed by atoms with Crippen LogP contribution in [0.5, 0.6) is 0 Å². The lowest BCUT2D eigenvalue weighted by molar-refractivity contribution is 0.558. The van der Waals surface area contributed by atoms with E-state index in [1.54, 1.807) is 0 Å². The molecule has 21 heavy (non-hydrogen) atoms. The first-order valence-corrected chi connectivity index (χ1v) is 7.84. The Morgan fingerprint density at radius 3 is 2.57 bits per heavy atom. The number of aryl methyl sites for hydroxylation is 2. The van der Waals surface area contributed by atoms with Crippen molar-refractivity contribution in [1.29, 1.82) is 0 Å². The molecule has 0 saturated carbocycles. The summed E-state index contributed by atoms with van der Waals surface area (Å²) in [6.07, 6.45) is 4.72. The van der Waals surface area contributed by atoms with Crippen LogP contribution in [0.1, 0.15) is 57.5 Å². The van der Waals surface area contributed by atoms with Gasteiger partial charge in [0.05, 0.1) is 17.6 Å². The summed E-state index contributed by atoms with van der Waals surface area (Å²) in [4.78, 5) is 9.10. The molecule has 2 rings (SSSR count). The van der Waals surface area contributed by atoms with E-state index >= 15 is 0 Å². The van der Waals surface area contributed by atoms with E-state index in [4.69, 9.17) is 0 Å². The minimum Gasteiger partial charge on any atom is -0.309 e. The van der Waals surface area contributed by atoms with Gasteiger partial charge in [-0.25, -0.2) is 9.67 Å². The highest BCUT2D eigenvalue weighted by Gasteiger charge is 2.11. The van der Waals surface area contributed by atoms with Crippen LogP contribution in [0.3, 0.4) is 0 Å². The number of hydrogen-bond donors (Lipinski definition) is 1. The zero-order valence-corrected chi connectivity index (χ0v) is 13.4. The third-order valence-corrected chi connectivity index (χ3v) is 3.51. The van der Waals surface area contributed by atoms with Gasteiger partial charge in [0.1, 0.15) is 5.82 Å². The summed E-state index contributed by atoms with van der Waals surface area (Å²) < 4.78 is 1.90. The fourth-order valence-electron chi connectivity index (χ4n) is 2.22. The monoisotopic (exact) mass is 287 g/mol. The third kappa shape index (κ3) is 3.67. The highest BCUT2D eigenvalue weighted by Crippen LogP contribution is 2.14. The van der Waals surface area contributed by atoms with Crippen molar-refractivity contribution in [2.75, 3.05) is 6.54 Å². The van der Waals surface area contributed by atoms with Crippen LogP contribution in [0, 0.1) is 0 Å². The molecule has 2 heterocycles. The van der Waals surface area contributed by atoms with E-state index < -0.39 is 0 Å². The number of hydrogen-bond acceptors (Lipinski definition) is 4. The topological polar surface area (TPSA) is 55.6 Å². The molecule has 0 fully saturated rings. The van der Waals surface area contributed by atoms with E-state index in [-0.39, 0.29) is 6.04 Å². The molecule has 0 aliphatic rings. The van der Waals surface area contributed by atoms with Crippen LogP contribution in [-0.2, 0) is 12.8 Å².